The zero-order valence-electron chi connectivity index (χ0n) is 15.7. The number of rotatable bonds is 2. The van der Waals surface area contributed by atoms with E-state index in [2.05, 4.69) is 31.4 Å². The number of nitrogens with zero attached hydrogens (tertiary/aromatic N) is 5. The van der Waals surface area contributed by atoms with Crippen molar-refractivity contribution < 1.29 is 4.79 Å². The van der Waals surface area contributed by atoms with Crippen molar-refractivity contribution in [3.63, 3.8) is 0 Å². The van der Waals surface area contributed by atoms with Crippen molar-refractivity contribution in [2.45, 2.75) is 39.4 Å². The van der Waals surface area contributed by atoms with Gasteiger partial charge in [-0.15, -0.1) is 0 Å². The van der Waals surface area contributed by atoms with Crippen LogP contribution in [-0.2, 0) is 18.6 Å². The maximum Gasteiger partial charge on any atom is 0.254 e. The molecule has 0 radical (unpaired) electrons. The molecular weight excluding hydrogens is 338 g/mol. The number of benzene rings is 1. The fourth-order valence-corrected chi connectivity index (χ4v) is 3.42. The van der Waals surface area contributed by atoms with E-state index in [-0.39, 0.29) is 11.4 Å². The van der Waals surface area contributed by atoms with Gasteiger partial charge in [-0.1, -0.05) is 0 Å². The molecule has 1 aromatic carbocycles. The van der Waals surface area contributed by atoms with Crippen LogP contribution in [0.25, 0.3) is 5.82 Å². The average Bonchev–Trinajstić information content (AvgIpc) is 3.35. The molecule has 1 aliphatic rings. The second-order valence-corrected chi connectivity index (χ2v) is 7.77. The molecule has 0 unspecified atom stereocenters. The third-order valence-corrected chi connectivity index (χ3v) is 4.76. The van der Waals surface area contributed by atoms with Crippen LogP contribution in [0.4, 0.5) is 0 Å². The maximum atomic E-state index is 12.9. The summed E-state index contributed by atoms with van der Waals surface area (Å²) in [6.07, 6.45) is 4.01. The van der Waals surface area contributed by atoms with Gasteiger partial charge in [0.05, 0.1) is 36.0 Å². The van der Waals surface area contributed by atoms with E-state index in [9.17, 15) is 4.79 Å². The molecule has 6 heteroatoms. The zero-order chi connectivity index (χ0) is 19.2. The highest BCUT2D eigenvalue weighted by atomic mass is 16.2. The van der Waals surface area contributed by atoms with Crippen molar-refractivity contribution in [1.82, 2.24) is 19.2 Å². The molecule has 0 fully saturated rings. The standard InChI is InChI=1S/C21H21N5O/c1-21(2,3)26-19(24-10-4-5-11-24)17-13-25(14-18(17)23-26)20(27)16-8-6-15(12-22)7-9-16/h4-11H,13-14H2,1-3H3. The Balaban J connectivity index is 1.68. The molecule has 0 saturated heterocycles. The van der Waals surface area contributed by atoms with Gasteiger partial charge in [-0.3, -0.25) is 4.79 Å². The number of aromatic nitrogens is 3. The molecule has 1 aliphatic heterocycles. The largest absolute Gasteiger partial charge is 0.328 e. The highest BCUT2D eigenvalue weighted by molar-refractivity contribution is 5.94. The molecule has 2 aromatic heterocycles. The van der Waals surface area contributed by atoms with Crippen LogP contribution in [0.3, 0.4) is 0 Å². The fraction of sp³-hybridized carbons (Fsp3) is 0.286. The lowest BCUT2D eigenvalue weighted by Crippen LogP contribution is -2.29. The van der Waals surface area contributed by atoms with E-state index in [1.807, 2.05) is 29.2 Å². The number of hydrogen-bond acceptors (Lipinski definition) is 3. The Morgan fingerprint density at radius 1 is 1.11 bits per heavy atom. The van der Waals surface area contributed by atoms with Gasteiger partial charge in [0.1, 0.15) is 5.82 Å². The Kier molecular flexibility index (Phi) is 3.88. The van der Waals surface area contributed by atoms with Crippen molar-refractivity contribution in [3.05, 3.63) is 71.2 Å². The van der Waals surface area contributed by atoms with E-state index in [0.717, 1.165) is 17.1 Å². The number of carbonyl (C=O) groups excluding carboxylic acids is 1. The topological polar surface area (TPSA) is 66.8 Å². The minimum atomic E-state index is -0.161. The Morgan fingerprint density at radius 3 is 2.37 bits per heavy atom. The molecule has 0 aliphatic carbocycles. The molecule has 0 N–H and O–H groups in total. The molecule has 0 bridgehead atoms. The van der Waals surface area contributed by atoms with E-state index < -0.39 is 0 Å². The molecule has 4 rings (SSSR count). The minimum absolute atomic E-state index is 0.0433. The summed E-state index contributed by atoms with van der Waals surface area (Å²) in [6.45, 7) is 7.40. The smallest absolute Gasteiger partial charge is 0.254 e. The highest BCUT2D eigenvalue weighted by Crippen LogP contribution is 2.32. The quantitative estimate of drug-likeness (QED) is 0.704. The molecule has 1 amide bonds. The highest BCUT2D eigenvalue weighted by Gasteiger charge is 2.33. The number of hydrogen-bond donors (Lipinski definition) is 0. The Labute approximate surface area is 158 Å². The summed E-state index contributed by atoms with van der Waals surface area (Å²) in [5.41, 5.74) is 3.00. The van der Waals surface area contributed by atoms with Crippen molar-refractivity contribution in [3.8, 4) is 11.9 Å². The average molecular weight is 359 g/mol. The van der Waals surface area contributed by atoms with Gasteiger partial charge >= 0.3 is 0 Å². The fourth-order valence-electron chi connectivity index (χ4n) is 3.42. The van der Waals surface area contributed by atoms with E-state index >= 15 is 0 Å². The van der Waals surface area contributed by atoms with E-state index in [1.54, 1.807) is 29.2 Å². The van der Waals surface area contributed by atoms with Crippen LogP contribution in [0.5, 0.6) is 0 Å². The summed E-state index contributed by atoms with van der Waals surface area (Å²) in [7, 11) is 0. The molecule has 3 aromatic rings. The van der Waals surface area contributed by atoms with Crippen molar-refractivity contribution in [2.75, 3.05) is 0 Å². The lowest BCUT2D eigenvalue weighted by molar-refractivity contribution is 0.0748. The van der Waals surface area contributed by atoms with Crippen LogP contribution in [-0.4, -0.2) is 25.2 Å². The van der Waals surface area contributed by atoms with Crippen LogP contribution in [0.2, 0.25) is 0 Å². The van der Waals surface area contributed by atoms with Crippen LogP contribution in [0.15, 0.2) is 48.8 Å². The van der Waals surface area contributed by atoms with Gasteiger partial charge in [0.2, 0.25) is 0 Å². The Bertz CT molecular complexity index is 1030. The summed E-state index contributed by atoms with van der Waals surface area (Å²) < 4.78 is 4.11. The van der Waals surface area contributed by atoms with Gasteiger partial charge in [-0.2, -0.15) is 10.4 Å². The van der Waals surface area contributed by atoms with Gasteiger partial charge < -0.3 is 9.47 Å². The molecule has 3 heterocycles. The molecule has 136 valence electrons. The van der Waals surface area contributed by atoms with Crippen LogP contribution in [0.1, 0.15) is 48.0 Å². The molecular formula is C21H21N5O. The SMILES string of the molecule is CC(C)(C)n1nc2c(c1-n1cccc1)CN(C(=O)c1ccc(C#N)cc1)C2. The number of fused-ring (bicyclic) bond motifs is 1. The summed E-state index contributed by atoms with van der Waals surface area (Å²) in [5.74, 6) is 0.968. The van der Waals surface area contributed by atoms with Crippen LogP contribution in [0, 0.1) is 11.3 Å². The molecule has 0 spiro atoms. The van der Waals surface area contributed by atoms with Gasteiger partial charge in [-0.05, 0) is 57.2 Å². The van der Waals surface area contributed by atoms with Gasteiger partial charge in [0.25, 0.3) is 5.91 Å². The van der Waals surface area contributed by atoms with Gasteiger partial charge in [0.15, 0.2) is 0 Å². The molecule has 0 atom stereocenters. The molecule has 0 saturated carbocycles. The third-order valence-electron chi connectivity index (χ3n) is 4.76. The second-order valence-electron chi connectivity index (χ2n) is 7.77. The Hall–Kier alpha value is -3.33. The third kappa shape index (κ3) is 2.91. The first-order valence-corrected chi connectivity index (χ1v) is 8.92. The molecule has 6 nitrogen and oxygen atoms in total. The first-order valence-electron chi connectivity index (χ1n) is 8.92. The van der Waals surface area contributed by atoms with E-state index in [0.29, 0.717) is 24.2 Å². The van der Waals surface area contributed by atoms with E-state index in [4.69, 9.17) is 10.4 Å². The van der Waals surface area contributed by atoms with Crippen LogP contribution < -0.4 is 0 Å². The number of amides is 1. The predicted molar refractivity (Wildman–Crippen MR) is 101 cm³/mol. The lowest BCUT2D eigenvalue weighted by Gasteiger charge is -2.24. The minimum Gasteiger partial charge on any atom is -0.328 e. The van der Waals surface area contributed by atoms with Crippen molar-refractivity contribution in [2.24, 2.45) is 0 Å². The zero-order valence-corrected chi connectivity index (χ0v) is 15.7. The predicted octanol–water partition coefficient (Wildman–Crippen LogP) is 3.46. The van der Waals surface area contributed by atoms with Gasteiger partial charge in [-0.25, -0.2) is 4.68 Å². The second kappa shape index (κ2) is 6.13. The first kappa shape index (κ1) is 17.1. The summed E-state index contributed by atoms with van der Waals surface area (Å²) in [4.78, 5) is 14.7. The monoisotopic (exact) mass is 359 g/mol. The summed E-state index contributed by atoms with van der Waals surface area (Å²) in [6, 6.07) is 12.8. The summed E-state index contributed by atoms with van der Waals surface area (Å²) >= 11 is 0. The number of carbonyl (C=O) groups is 1. The van der Waals surface area contributed by atoms with Crippen molar-refractivity contribution >= 4 is 5.91 Å². The first-order chi connectivity index (χ1) is 12.9. The van der Waals surface area contributed by atoms with Gasteiger partial charge in [0, 0.05) is 23.5 Å². The lowest BCUT2D eigenvalue weighted by atomic mass is 10.1. The van der Waals surface area contributed by atoms with Crippen molar-refractivity contribution in [1.29, 1.82) is 5.26 Å². The maximum absolute atomic E-state index is 12.9. The molecule has 27 heavy (non-hydrogen) atoms. The summed E-state index contributed by atoms with van der Waals surface area (Å²) in [5, 5.41) is 13.8. The normalized spacial score (nSPS) is 13.5. The Morgan fingerprint density at radius 2 is 1.78 bits per heavy atom. The number of nitriles is 1. The van der Waals surface area contributed by atoms with Crippen LogP contribution >= 0.6 is 0 Å². The van der Waals surface area contributed by atoms with E-state index in [1.165, 1.54) is 0 Å².